The van der Waals surface area contributed by atoms with Crippen molar-refractivity contribution in [3.8, 4) is 0 Å². The van der Waals surface area contributed by atoms with Crippen molar-refractivity contribution in [2.75, 3.05) is 0 Å². The third kappa shape index (κ3) is 8.70. The fourth-order valence-corrected chi connectivity index (χ4v) is 1.34. The number of esters is 1. The van der Waals surface area contributed by atoms with Gasteiger partial charge in [-0.1, -0.05) is 26.0 Å². The molecule has 0 amide bonds. The quantitative estimate of drug-likeness (QED) is 0.311. The first-order valence-corrected chi connectivity index (χ1v) is 6.11. The maximum absolute atomic E-state index is 10.9. The van der Waals surface area contributed by atoms with Gasteiger partial charge in [0.15, 0.2) is 0 Å². The molecule has 0 fully saturated rings. The smallest absolute Gasteiger partial charge is 0.303 e. The fraction of sp³-hybridized carbons (Fsp3) is 0.571. The lowest BCUT2D eigenvalue weighted by molar-refractivity contribution is -0.147. The second-order valence-electron chi connectivity index (χ2n) is 4.48. The summed E-state index contributed by atoms with van der Waals surface area (Å²) in [6, 6.07) is 0. The monoisotopic (exact) mass is 254 g/mol. The van der Waals surface area contributed by atoms with Gasteiger partial charge in [0.25, 0.3) is 0 Å². The summed E-state index contributed by atoms with van der Waals surface area (Å²) in [6.07, 6.45) is 6.74. The Labute approximate surface area is 108 Å². The number of carbonyl (C=O) groups excluding carboxylic acids is 2. The van der Waals surface area contributed by atoms with Gasteiger partial charge in [0, 0.05) is 6.92 Å². The summed E-state index contributed by atoms with van der Waals surface area (Å²) in [5, 5.41) is 9.82. The van der Waals surface area contributed by atoms with E-state index in [9.17, 15) is 14.7 Å². The summed E-state index contributed by atoms with van der Waals surface area (Å²) >= 11 is 0. The van der Waals surface area contributed by atoms with Gasteiger partial charge in [0.1, 0.15) is 18.5 Å². The Kier molecular flexibility index (Phi) is 8.84. The number of ether oxygens (including phenoxy) is 1. The SMILES string of the molecule is CC(=O)O[C@H](/C=C/C=O)[C@H](O)/C=C\CCC(C)C. The Hall–Kier alpha value is -1.42. The molecule has 0 aromatic carbocycles. The summed E-state index contributed by atoms with van der Waals surface area (Å²) in [4.78, 5) is 21.1. The molecule has 0 aliphatic heterocycles. The molecule has 0 unspecified atom stereocenters. The van der Waals surface area contributed by atoms with E-state index in [1.165, 1.54) is 19.1 Å². The number of hydrogen-bond acceptors (Lipinski definition) is 4. The average Bonchev–Trinajstić information content (AvgIpc) is 2.29. The maximum Gasteiger partial charge on any atom is 0.303 e. The van der Waals surface area contributed by atoms with E-state index >= 15 is 0 Å². The van der Waals surface area contributed by atoms with Crippen LogP contribution in [0, 0.1) is 5.92 Å². The van der Waals surface area contributed by atoms with Crippen LogP contribution in [-0.2, 0) is 14.3 Å². The molecular weight excluding hydrogens is 232 g/mol. The van der Waals surface area contributed by atoms with Crippen molar-refractivity contribution >= 4 is 12.3 Å². The highest BCUT2D eigenvalue weighted by Gasteiger charge is 2.16. The zero-order valence-electron chi connectivity index (χ0n) is 11.2. The third-order valence-electron chi connectivity index (χ3n) is 2.26. The molecule has 0 aromatic rings. The number of aldehydes is 1. The van der Waals surface area contributed by atoms with Crippen LogP contribution in [0.5, 0.6) is 0 Å². The molecule has 2 atom stereocenters. The number of aliphatic hydroxyl groups excluding tert-OH is 1. The summed E-state index contributed by atoms with van der Waals surface area (Å²) in [5.74, 6) is 0.108. The van der Waals surface area contributed by atoms with Crippen LogP contribution in [0.4, 0.5) is 0 Å². The third-order valence-corrected chi connectivity index (χ3v) is 2.26. The molecule has 0 spiro atoms. The van der Waals surface area contributed by atoms with Crippen LogP contribution in [0.2, 0.25) is 0 Å². The lowest BCUT2D eigenvalue weighted by Gasteiger charge is -2.16. The van der Waals surface area contributed by atoms with E-state index in [0.29, 0.717) is 12.2 Å². The average molecular weight is 254 g/mol. The van der Waals surface area contributed by atoms with Crippen molar-refractivity contribution < 1.29 is 19.4 Å². The summed E-state index contributed by atoms with van der Waals surface area (Å²) in [6.45, 7) is 5.51. The van der Waals surface area contributed by atoms with Gasteiger partial charge >= 0.3 is 5.97 Å². The lowest BCUT2D eigenvalue weighted by Crippen LogP contribution is -2.27. The van der Waals surface area contributed by atoms with Crippen molar-refractivity contribution in [2.45, 2.75) is 45.8 Å². The van der Waals surface area contributed by atoms with E-state index in [4.69, 9.17) is 4.74 Å². The van der Waals surface area contributed by atoms with E-state index in [1.54, 1.807) is 6.08 Å². The molecule has 4 heteroatoms. The Morgan fingerprint density at radius 3 is 2.50 bits per heavy atom. The van der Waals surface area contributed by atoms with E-state index < -0.39 is 18.2 Å². The Balaban J connectivity index is 4.35. The molecule has 18 heavy (non-hydrogen) atoms. The van der Waals surface area contributed by atoms with E-state index in [2.05, 4.69) is 13.8 Å². The summed E-state index contributed by atoms with van der Waals surface area (Å²) < 4.78 is 4.91. The van der Waals surface area contributed by atoms with E-state index in [1.807, 2.05) is 6.08 Å². The van der Waals surface area contributed by atoms with Crippen LogP contribution >= 0.6 is 0 Å². The van der Waals surface area contributed by atoms with Gasteiger partial charge in [-0.25, -0.2) is 0 Å². The topological polar surface area (TPSA) is 63.6 Å². The standard InChI is InChI=1S/C14H22O4/c1-11(2)7-4-5-8-13(17)14(9-6-10-15)18-12(3)16/h5-6,8-11,13-14,17H,4,7H2,1-3H3/b8-5-,9-6+/t13-,14-/m1/s1. The number of rotatable bonds is 8. The van der Waals surface area contributed by atoms with E-state index in [0.717, 1.165) is 12.8 Å². The normalized spacial score (nSPS) is 15.2. The molecule has 0 aliphatic carbocycles. The van der Waals surface area contributed by atoms with Crippen LogP contribution in [0.15, 0.2) is 24.3 Å². The fourth-order valence-electron chi connectivity index (χ4n) is 1.34. The van der Waals surface area contributed by atoms with Gasteiger partial charge < -0.3 is 9.84 Å². The number of carbonyl (C=O) groups is 2. The Morgan fingerprint density at radius 2 is 2.00 bits per heavy atom. The minimum atomic E-state index is -0.933. The molecule has 0 radical (unpaired) electrons. The highest BCUT2D eigenvalue weighted by Crippen LogP contribution is 2.08. The van der Waals surface area contributed by atoms with Crippen molar-refractivity contribution in [3.63, 3.8) is 0 Å². The zero-order chi connectivity index (χ0) is 14.0. The van der Waals surface area contributed by atoms with Crippen molar-refractivity contribution in [1.29, 1.82) is 0 Å². The van der Waals surface area contributed by atoms with Gasteiger partial charge in [-0.2, -0.15) is 0 Å². The largest absolute Gasteiger partial charge is 0.455 e. The van der Waals surface area contributed by atoms with Crippen molar-refractivity contribution in [1.82, 2.24) is 0 Å². The van der Waals surface area contributed by atoms with Crippen LogP contribution in [0.1, 0.15) is 33.6 Å². The first-order chi connectivity index (χ1) is 8.47. The molecule has 0 heterocycles. The molecular formula is C14H22O4. The van der Waals surface area contributed by atoms with Crippen molar-refractivity contribution in [2.24, 2.45) is 5.92 Å². The molecule has 102 valence electrons. The summed E-state index contributed by atoms with van der Waals surface area (Å²) in [7, 11) is 0. The maximum atomic E-state index is 10.9. The first-order valence-electron chi connectivity index (χ1n) is 6.11. The minimum absolute atomic E-state index is 0.495. The lowest BCUT2D eigenvalue weighted by atomic mass is 10.1. The molecule has 0 rings (SSSR count). The van der Waals surface area contributed by atoms with Gasteiger partial charge in [-0.15, -0.1) is 0 Å². The Bertz CT molecular complexity index is 305. The first kappa shape index (κ1) is 16.6. The number of hydrogen-bond donors (Lipinski definition) is 1. The van der Waals surface area contributed by atoms with Crippen LogP contribution < -0.4 is 0 Å². The number of aliphatic hydroxyl groups is 1. The van der Waals surface area contributed by atoms with Gasteiger partial charge in [-0.05, 0) is 30.9 Å². The van der Waals surface area contributed by atoms with E-state index in [-0.39, 0.29) is 0 Å². The van der Waals surface area contributed by atoms with Gasteiger partial charge in [-0.3, -0.25) is 9.59 Å². The molecule has 0 bridgehead atoms. The zero-order valence-corrected chi connectivity index (χ0v) is 11.2. The second kappa shape index (κ2) is 9.59. The van der Waals surface area contributed by atoms with Gasteiger partial charge in [0.2, 0.25) is 0 Å². The second-order valence-corrected chi connectivity index (χ2v) is 4.48. The van der Waals surface area contributed by atoms with Crippen LogP contribution in [0.25, 0.3) is 0 Å². The Morgan fingerprint density at radius 1 is 1.33 bits per heavy atom. The molecule has 0 aromatic heterocycles. The van der Waals surface area contributed by atoms with Crippen molar-refractivity contribution in [3.05, 3.63) is 24.3 Å². The molecule has 0 saturated heterocycles. The van der Waals surface area contributed by atoms with Crippen LogP contribution in [0.3, 0.4) is 0 Å². The molecule has 0 aliphatic rings. The van der Waals surface area contributed by atoms with Crippen LogP contribution in [-0.4, -0.2) is 29.6 Å². The molecule has 0 saturated carbocycles. The van der Waals surface area contributed by atoms with Gasteiger partial charge in [0.05, 0.1) is 0 Å². The summed E-state index contributed by atoms with van der Waals surface area (Å²) in [5.41, 5.74) is 0. The highest BCUT2D eigenvalue weighted by atomic mass is 16.6. The highest BCUT2D eigenvalue weighted by molar-refractivity contribution is 5.67. The molecule has 1 N–H and O–H groups in total. The minimum Gasteiger partial charge on any atom is -0.455 e. The predicted molar refractivity (Wildman–Crippen MR) is 70.0 cm³/mol. The predicted octanol–water partition coefficient (Wildman–Crippen LogP) is 2.03. The number of allylic oxidation sites excluding steroid dienone is 2. The molecule has 4 nitrogen and oxygen atoms in total.